The first-order valence-corrected chi connectivity index (χ1v) is 14.9. The van der Waals surface area contributed by atoms with Gasteiger partial charge in [-0.15, -0.1) is 0 Å². The molecule has 4 heterocycles. The van der Waals surface area contributed by atoms with Crippen molar-refractivity contribution in [2.45, 2.75) is 51.5 Å². The van der Waals surface area contributed by atoms with E-state index in [-0.39, 0.29) is 49.2 Å². The third kappa shape index (κ3) is 6.87. The summed E-state index contributed by atoms with van der Waals surface area (Å²) in [5, 5.41) is 10.5. The Morgan fingerprint density at radius 2 is 1.98 bits per heavy atom. The topological polar surface area (TPSA) is 143 Å². The Balaban J connectivity index is 1.39. The number of nitrogens with zero attached hydrogens (tertiary/aromatic N) is 6. The lowest BCUT2D eigenvalue weighted by molar-refractivity contribution is -0.137. The van der Waals surface area contributed by atoms with E-state index < -0.39 is 0 Å². The van der Waals surface area contributed by atoms with Crippen molar-refractivity contribution >= 4 is 29.3 Å². The summed E-state index contributed by atoms with van der Waals surface area (Å²) < 4.78 is 8.76. The highest BCUT2D eigenvalue weighted by Crippen LogP contribution is 2.24. The first kappa shape index (κ1) is 30.2. The lowest BCUT2D eigenvalue weighted by Gasteiger charge is -2.27. The maximum absolute atomic E-state index is 13.8. The minimum absolute atomic E-state index is 0.0875. The molecule has 2 bridgehead atoms. The molecule has 3 aromatic rings. The second-order valence-corrected chi connectivity index (χ2v) is 11.3. The molecule has 5 rings (SSSR count). The number of amides is 4. The van der Waals surface area contributed by atoms with Crippen molar-refractivity contribution < 1.29 is 23.9 Å². The van der Waals surface area contributed by atoms with E-state index in [0.717, 1.165) is 23.4 Å². The van der Waals surface area contributed by atoms with Gasteiger partial charge in [0.25, 0.3) is 11.8 Å². The van der Waals surface area contributed by atoms with E-state index in [1.165, 1.54) is 4.90 Å². The molecule has 0 aromatic carbocycles. The van der Waals surface area contributed by atoms with Crippen LogP contribution in [0.2, 0.25) is 0 Å². The van der Waals surface area contributed by atoms with Gasteiger partial charge in [-0.2, -0.15) is 5.10 Å². The number of hydrogen-bond donors (Lipinski definition) is 2. The predicted octanol–water partition coefficient (Wildman–Crippen LogP) is 0.881. The summed E-state index contributed by atoms with van der Waals surface area (Å²) in [6.45, 7) is 3.44. The molecule has 0 saturated heterocycles. The number of aryl methyl sites for hydroxylation is 2. The Hall–Kier alpha value is -4.26. The van der Waals surface area contributed by atoms with Crippen LogP contribution >= 0.6 is 0 Å². The Labute approximate surface area is 250 Å². The smallest absolute Gasteiger partial charge is 0.272 e. The molecule has 2 aliphatic rings. The average molecular weight is 593 g/mol. The van der Waals surface area contributed by atoms with E-state index in [9.17, 15) is 19.2 Å². The molecule has 13 heteroatoms. The van der Waals surface area contributed by atoms with Gasteiger partial charge in [-0.05, 0) is 51.2 Å². The summed E-state index contributed by atoms with van der Waals surface area (Å²) in [6.07, 6.45) is 6.73. The highest BCUT2D eigenvalue weighted by molar-refractivity contribution is 6.00. The van der Waals surface area contributed by atoms with E-state index in [2.05, 4.69) is 20.7 Å². The summed E-state index contributed by atoms with van der Waals surface area (Å²) >= 11 is 0. The fourth-order valence-electron chi connectivity index (χ4n) is 5.96. The number of rotatable bonds is 4. The number of ether oxygens (including phenoxy) is 1. The highest BCUT2D eigenvalue weighted by atomic mass is 16.5. The molecule has 43 heavy (non-hydrogen) atoms. The van der Waals surface area contributed by atoms with Crippen LogP contribution < -0.4 is 10.6 Å². The van der Waals surface area contributed by atoms with Gasteiger partial charge >= 0.3 is 0 Å². The highest BCUT2D eigenvalue weighted by Gasteiger charge is 2.30. The van der Waals surface area contributed by atoms with Gasteiger partial charge in [-0.25, -0.2) is 4.98 Å². The van der Waals surface area contributed by atoms with Crippen molar-refractivity contribution in [2.75, 3.05) is 46.4 Å². The molecule has 13 nitrogen and oxygen atoms in total. The Morgan fingerprint density at radius 3 is 2.79 bits per heavy atom. The van der Waals surface area contributed by atoms with Gasteiger partial charge < -0.3 is 29.6 Å². The Kier molecular flexibility index (Phi) is 9.39. The molecule has 1 unspecified atom stereocenters. The predicted molar refractivity (Wildman–Crippen MR) is 158 cm³/mol. The standard InChI is InChI=1S/C30H40N8O5/c1-20-18-38-13-4-7-22(28(38)32-20)30(42)36-12-5-8-26(40)37(15-16-43-3)19-25(39)33-21-9-10-24-23(17-21)27(34-35(24)2)29(41)31-11-6-14-36/h4,7,13,18,21H,5-6,8-12,14-17,19H2,1-3H3,(H,31,41)(H,33,39). The lowest BCUT2D eigenvalue weighted by atomic mass is 9.91. The number of fused-ring (bicyclic) bond motifs is 2. The van der Waals surface area contributed by atoms with Crippen LogP contribution in [0.1, 0.15) is 63.5 Å². The number of imidazole rings is 1. The van der Waals surface area contributed by atoms with E-state index in [1.54, 1.807) is 22.8 Å². The number of pyridine rings is 1. The second kappa shape index (κ2) is 13.4. The minimum Gasteiger partial charge on any atom is -0.383 e. The molecule has 0 spiro atoms. The third-order valence-electron chi connectivity index (χ3n) is 8.12. The van der Waals surface area contributed by atoms with Crippen molar-refractivity contribution in [3.63, 3.8) is 0 Å². The fraction of sp³-hybridized carbons (Fsp3) is 0.533. The van der Waals surface area contributed by atoms with Gasteiger partial charge in [-0.3, -0.25) is 23.9 Å². The normalized spacial score (nSPS) is 19.1. The van der Waals surface area contributed by atoms with Crippen molar-refractivity contribution in [1.82, 2.24) is 39.6 Å². The van der Waals surface area contributed by atoms with Crippen LogP contribution in [-0.4, -0.2) is 105 Å². The maximum atomic E-state index is 13.8. The molecule has 1 aliphatic carbocycles. The quantitative estimate of drug-likeness (QED) is 0.458. The van der Waals surface area contributed by atoms with E-state index in [4.69, 9.17) is 4.74 Å². The molecule has 0 saturated carbocycles. The minimum atomic E-state index is -0.267. The van der Waals surface area contributed by atoms with E-state index >= 15 is 0 Å². The molecule has 0 radical (unpaired) electrons. The first-order valence-electron chi connectivity index (χ1n) is 14.9. The Morgan fingerprint density at radius 1 is 1.16 bits per heavy atom. The number of methoxy groups -OCH3 is 1. The van der Waals surface area contributed by atoms with Gasteiger partial charge in [-0.1, -0.05) is 0 Å². The van der Waals surface area contributed by atoms with Crippen molar-refractivity contribution in [3.8, 4) is 0 Å². The van der Waals surface area contributed by atoms with E-state index in [1.807, 2.05) is 36.8 Å². The van der Waals surface area contributed by atoms with Crippen molar-refractivity contribution in [3.05, 3.63) is 52.7 Å². The van der Waals surface area contributed by atoms with Crippen LogP contribution in [0, 0.1) is 6.92 Å². The molecule has 4 amide bonds. The number of hydrogen-bond acceptors (Lipinski definition) is 7. The second-order valence-electron chi connectivity index (χ2n) is 11.3. The van der Waals surface area contributed by atoms with Crippen LogP contribution in [-0.2, 0) is 34.2 Å². The number of aromatic nitrogens is 4. The molecule has 230 valence electrons. The summed E-state index contributed by atoms with van der Waals surface area (Å²) in [5.41, 5.74) is 4.04. The SMILES string of the molecule is COCCN1CC(=O)NC2CCc3c(c(nn3C)C(=O)NCCCN(C(=O)c3cccn4cc(C)nc34)CCCC1=O)C2. The summed E-state index contributed by atoms with van der Waals surface area (Å²) in [7, 11) is 3.38. The molecular weight excluding hydrogens is 552 g/mol. The van der Waals surface area contributed by atoms with Gasteiger partial charge in [0, 0.05) is 76.5 Å². The molecule has 3 aromatic heterocycles. The zero-order valence-corrected chi connectivity index (χ0v) is 25.1. The monoisotopic (exact) mass is 592 g/mol. The largest absolute Gasteiger partial charge is 0.383 e. The van der Waals surface area contributed by atoms with Crippen LogP contribution in [0.3, 0.4) is 0 Å². The summed E-state index contributed by atoms with van der Waals surface area (Å²) in [6, 6.07) is 3.41. The molecule has 0 fully saturated rings. The lowest BCUT2D eigenvalue weighted by Crippen LogP contribution is -2.47. The number of nitrogens with one attached hydrogen (secondary N) is 2. The average Bonchev–Trinajstić information content (AvgIpc) is 3.53. The van der Waals surface area contributed by atoms with Crippen molar-refractivity contribution in [2.24, 2.45) is 7.05 Å². The van der Waals surface area contributed by atoms with Gasteiger partial charge in [0.1, 0.15) is 5.65 Å². The van der Waals surface area contributed by atoms with Gasteiger partial charge in [0.05, 0.1) is 24.4 Å². The number of carbonyl (C=O) groups is 4. The van der Waals surface area contributed by atoms with Gasteiger partial charge in [0.2, 0.25) is 11.8 Å². The van der Waals surface area contributed by atoms with E-state index in [0.29, 0.717) is 68.8 Å². The zero-order valence-electron chi connectivity index (χ0n) is 25.1. The number of carbonyl (C=O) groups excluding carboxylic acids is 4. The summed E-state index contributed by atoms with van der Waals surface area (Å²) in [4.78, 5) is 61.1. The summed E-state index contributed by atoms with van der Waals surface area (Å²) in [5.74, 6) is -0.880. The third-order valence-corrected chi connectivity index (χ3v) is 8.12. The zero-order chi connectivity index (χ0) is 30.5. The molecule has 1 aliphatic heterocycles. The van der Waals surface area contributed by atoms with Crippen LogP contribution in [0.25, 0.3) is 5.65 Å². The fourth-order valence-corrected chi connectivity index (χ4v) is 5.96. The maximum Gasteiger partial charge on any atom is 0.272 e. The molecule has 1 atom stereocenters. The van der Waals surface area contributed by atoms with Gasteiger partial charge in [0.15, 0.2) is 5.69 Å². The first-order chi connectivity index (χ1) is 20.7. The van der Waals surface area contributed by atoms with Crippen molar-refractivity contribution in [1.29, 1.82) is 0 Å². The van der Waals surface area contributed by atoms with Crippen LogP contribution in [0.15, 0.2) is 24.5 Å². The van der Waals surface area contributed by atoms with Crippen LogP contribution in [0.5, 0.6) is 0 Å². The van der Waals surface area contributed by atoms with Crippen LogP contribution in [0.4, 0.5) is 0 Å². The Bertz CT molecular complexity index is 1510. The molecule has 2 N–H and O–H groups in total. The molecular formula is C30H40N8O5.